The highest BCUT2D eigenvalue weighted by Crippen LogP contribution is 2.45. The predicted octanol–water partition coefficient (Wildman–Crippen LogP) is 4.64. The highest BCUT2D eigenvalue weighted by atomic mass is 16.5. The molecule has 0 radical (unpaired) electrons. The summed E-state index contributed by atoms with van der Waals surface area (Å²) in [4.78, 5) is 26.7. The first-order chi connectivity index (χ1) is 15.6. The third-order valence-corrected chi connectivity index (χ3v) is 5.86. The zero-order valence-electron chi connectivity index (χ0n) is 17.5. The summed E-state index contributed by atoms with van der Waals surface area (Å²) in [5.74, 6) is 0.354. The molecular formula is C27H21NO4. The molecule has 5 nitrogen and oxygen atoms in total. The van der Waals surface area contributed by atoms with Crippen LogP contribution in [-0.2, 0) is 16.8 Å². The molecule has 1 N–H and O–H groups in total. The second-order valence-electron chi connectivity index (χ2n) is 7.80. The van der Waals surface area contributed by atoms with E-state index in [0.717, 1.165) is 22.1 Å². The molecule has 158 valence electrons. The Balaban J connectivity index is 1.67. The van der Waals surface area contributed by atoms with Gasteiger partial charge in [0.15, 0.2) is 5.54 Å². The van der Waals surface area contributed by atoms with Crippen molar-refractivity contribution in [3.8, 4) is 11.5 Å². The Kier molecular flexibility index (Phi) is 4.86. The maximum absolute atomic E-state index is 13.4. The lowest BCUT2D eigenvalue weighted by Crippen LogP contribution is -2.52. The Hall–Kier alpha value is -4.12. The first-order valence-corrected chi connectivity index (χ1v) is 10.4. The molecule has 0 spiro atoms. The van der Waals surface area contributed by atoms with Crippen LogP contribution in [0.3, 0.4) is 0 Å². The van der Waals surface area contributed by atoms with Crippen molar-refractivity contribution in [2.24, 2.45) is 0 Å². The Morgan fingerprint density at radius 1 is 0.906 bits per heavy atom. The number of carbonyl (C=O) groups is 2. The van der Waals surface area contributed by atoms with Gasteiger partial charge in [-0.3, -0.25) is 4.79 Å². The van der Waals surface area contributed by atoms with Gasteiger partial charge < -0.3 is 14.8 Å². The van der Waals surface area contributed by atoms with Gasteiger partial charge in [0.05, 0.1) is 7.11 Å². The molecule has 1 aliphatic heterocycles. The number of carbonyl (C=O) groups excluding carboxylic acids is 2. The van der Waals surface area contributed by atoms with Crippen LogP contribution in [0.25, 0.3) is 10.8 Å². The van der Waals surface area contributed by atoms with Crippen LogP contribution in [0.5, 0.6) is 11.5 Å². The third-order valence-electron chi connectivity index (χ3n) is 5.86. The smallest absolute Gasteiger partial charge is 0.342 e. The van der Waals surface area contributed by atoms with Gasteiger partial charge in [-0.25, -0.2) is 4.79 Å². The van der Waals surface area contributed by atoms with Crippen LogP contribution in [0.15, 0.2) is 91.0 Å². The first-order valence-electron chi connectivity index (χ1n) is 10.4. The van der Waals surface area contributed by atoms with E-state index in [1.54, 1.807) is 37.4 Å². The summed E-state index contributed by atoms with van der Waals surface area (Å²) in [6, 6.07) is 27.9. The standard InChI is InChI=1S/C27H21NO4/c1-31-21-14-11-18(12-15-21)17-27(28-25(29)20-8-3-2-4-9-20)24-22-10-6-5-7-19(22)13-16-23(24)32-26(27)30/h2-16H,17H2,1H3,(H,28,29). The van der Waals surface area contributed by atoms with E-state index in [2.05, 4.69) is 5.32 Å². The van der Waals surface area contributed by atoms with Crippen molar-refractivity contribution in [2.75, 3.05) is 7.11 Å². The molecule has 0 saturated carbocycles. The SMILES string of the molecule is COc1ccc(CC2(NC(=O)c3ccccc3)C(=O)Oc3ccc4ccccc4c32)cc1. The van der Waals surface area contributed by atoms with Crippen LogP contribution in [0.2, 0.25) is 0 Å². The van der Waals surface area contributed by atoms with E-state index >= 15 is 0 Å². The Morgan fingerprint density at radius 3 is 2.38 bits per heavy atom. The number of hydrogen-bond acceptors (Lipinski definition) is 4. The van der Waals surface area contributed by atoms with Gasteiger partial charge >= 0.3 is 5.97 Å². The quantitative estimate of drug-likeness (QED) is 0.375. The second-order valence-corrected chi connectivity index (χ2v) is 7.80. The number of methoxy groups -OCH3 is 1. The summed E-state index contributed by atoms with van der Waals surface area (Å²) in [7, 11) is 1.60. The molecule has 1 aliphatic rings. The Labute approximate surface area is 185 Å². The van der Waals surface area contributed by atoms with E-state index in [0.29, 0.717) is 16.9 Å². The first kappa shape index (κ1) is 19.8. The van der Waals surface area contributed by atoms with Crippen LogP contribution in [0, 0.1) is 0 Å². The van der Waals surface area contributed by atoms with Gasteiger partial charge in [-0.15, -0.1) is 0 Å². The minimum atomic E-state index is -1.36. The number of fused-ring (bicyclic) bond motifs is 3. The maximum Gasteiger partial charge on any atom is 0.342 e. The lowest BCUT2D eigenvalue weighted by molar-refractivity contribution is -0.139. The van der Waals surface area contributed by atoms with Gasteiger partial charge in [0, 0.05) is 17.5 Å². The molecule has 1 heterocycles. The average Bonchev–Trinajstić information content (AvgIpc) is 3.11. The maximum atomic E-state index is 13.4. The average molecular weight is 423 g/mol. The van der Waals surface area contributed by atoms with E-state index in [4.69, 9.17) is 9.47 Å². The van der Waals surface area contributed by atoms with Gasteiger partial charge in [-0.1, -0.05) is 60.7 Å². The zero-order chi connectivity index (χ0) is 22.1. The Bertz CT molecular complexity index is 1310. The molecule has 0 fully saturated rings. The summed E-state index contributed by atoms with van der Waals surface area (Å²) >= 11 is 0. The number of esters is 1. The van der Waals surface area contributed by atoms with Crippen molar-refractivity contribution < 1.29 is 19.1 Å². The van der Waals surface area contributed by atoms with Crippen molar-refractivity contribution in [1.82, 2.24) is 5.32 Å². The van der Waals surface area contributed by atoms with Gasteiger partial charge in [-0.05, 0) is 46.7 Å². The predicted molar refractivity (Wildman–Crippen MR) is 122 cm³/mol. The number of nitrogens with one attached hydrogen (secondary N) is 1. The highest BCUT2D eigenvalue weighted by Gasteiger charge is 2.51. The van der Waals surface area contributed by atoms with E-state index in [-0.39, 0.29) is 12.3 Å². The summed E-state index contributed by atoms with van der Waals surface area (Å²) in [6.45, 7) is 0. The summed E-state index contributed by atoms with van der Waals surface area (Å²) < 4.78 is 11.0. The second kappa shape index (κ2) is 7.85. The topological polar surface area (TPSA) is 64.6 Å². The van der Waals surface area contributed by atoms with Gasteiger partial charge in [-0.2, -0.15) is 0 Å². The van der Waals surface area contributed by atoms with E-state index < -0.39 is 11.5 Å². The lowest BCUT2D eigenvalue weighted by Gasteiger charge is -2.28. The summed E-state index contributed by atoms with van der Waals surface area (Å²) in [5, 5.41) is 4.88. The molecule has 4 aromatic carbocycles. The molecule has 1 amide bonds. The summed E-state index contributed by atoms with van der Waals surface area (Å²) in [5.41, 5.74) is 0.665. The van der Waals surface area contributed by atoms with Crippen molar-refractivity contribution in [1.29, 1.82) is 0 Å². The van der Waals surface area contributed by atoms with Crippen LogP contribution >= 0.6 is 0 Å². The van der Waals surface area contributed by atoms with E-state index in [9.17, 15) is 9.59 Å². The highest BCUT2D eigenvalue weighted by molar-refractivity contribution is 6.05. The fourth-order valence-corrected chi connectivity index (χ4v) is 4.29. The number of hydrogen-bond donors (Lipinski definition) is 1. The number of rotatable bonds is 5. The third kappa shape index (κ3) is 3.28. The summed E-state index contributed by atoms with van der Waals surface area (Å²) in [6.07, 6.45) is 0.245. The van der Waals surface area contributed by atoms with Crippen LogP contribution < -0.4 is 14.8 Å². The number of amides is 1. The Morgan fingerprint density at radius 2 is 1.62 bits per heavy atom. The largest absolute Gasteiger partial charge is 0.497 e. The van der Waals surface area contributed by atoms with Crippen molar-refractivity contribution in [3.63, 3.8) is 0 Å². The van der Waals surface area contributed by atoms with Crippen LogP contribution in [-0.4, -0.2) is 19.0 Å². The van der Waals surface area contributed by atoms with E-state index in [1.807, 2.05) is 60.7 Å². The van der Waals surface area contributed by atoms with Gasteiger partial charge in [0.25, 0.3) is 5.91 Å². The molecule has 1 atom stereocenters. The van der Waals surface area contributed by atoms with Crippen LogP contribution in [0.4, 0.5) is 0 Å². The molecule has 0 saturated heterocycles. The normalized spacial score (nSPS) is 17.0. The zero-order valence-corrected chi connectivity index (χ0v) is 17.5. The monoisotopic (exact) mass is 423 g/mol. The molecule has 0 aromatic heterocycles. The molecule has 0 aliphatic carbocycles. The van der Waals surface area contributed by atoms with Crippen molar-refractivity contribution in [2.45, 2.75) is 12.0 Å². The molecule has 1 unspecified atom stereocenters. The molecule has 5 heteroatoms. The van der Waals surface area contributed by atoms with Gasteiger partial charge in [0.1, 0.15) is 11.5 Å². The fraction of sp³-hybridized carbons (Fsp3) is 0.111. The molecule has 5 rings (SSSR count). The lowest BCUT2D eigenvalue weighted by atomic mass is 9.82. The molecule has 32 heavy (non-hydrogen) atoms. The van der Waals surface area contributed by atoms with Gasteiger partial charge in [0.2, 0.25) is 0 Å². The molecule has 0 bridgehead atoms. The minimum Gasteiger partial charge on any atom is -0.497 e. The van der Waals surface area contributed by atoms with E-state index in [1.165, 1.54) is 0 Å². The molecular weight excluding hydrogens is 402 g/mol. The fourth-order valence-electron chi connectivity index (χ4n) is 4.29. The van der Waals surface area contributed by atoms with Crippen LogP contribution in [0.1, 0.15) is 21.5 Å². The number of benzene rings is 4. The minimum absolute atomic E-state index is 0.245. The van der Waals surface area contributed by atoms with Crippen molar-refractivity contribution in [3.05, 3.63) is 108 Å². The van der Waals surface area contributed by atoms with Crippen molar-refractivity contribution >= 4 is 22.6 Å². The molecule has 4 aromatic rings. The number of ether oxygens (including phenoxy) is 2.